The van der Waals surface area contributed by atoms with E-state index >= 15 is 0 Å². The zero-order valence-corrected chi connectivity index (χ0v) is 14.1. The first-order valence-corrected chi connectivity index (χ1v) is 8.29. The van der Waals surface area contributed by atoms with E-state index in [2.05, 4.69) is 26.6 Å². The van der Waals surface area contributed by atoms with E-state index in [0.29, 0.717) is 23.6 Å². The Hall–Kier alpha value is -1.41. The lowest BCUT2D eigenvalue weighted by atomic mass is 10.2. The van der Waals surface area contributed by atoms with Crippen LogP contribution < -0.4 is 15.4 Å². The van der Waals surface area contributed by atoms with E-state index in [1.54, 1.807) is 18.2 Å². The van der Waals surface area contributed by atoms with Gasteiger partial charge < -0.3 is 20.5 Å². The standard InChI is InChI=1S/C13H17BrN2O4S/c1-20-11-7-8(3-4-9(11)14)15-13(19)16-10(12(17)18)5-6-21-2/h3-4,7,10H,5-6H2,1-2H3,(H,17,18)(H2,15,16,19). The molecule has 0 aliphatic heterocycles. The quantitative estimate of drug-likeness (QED) is 0.680. The number of urea groups is 1. The first-order valence-electron chi connectivity index (χ1n) is 6.10. The van der Waals surface area contributed by atoms with E-state index in [-0.39, 0.29) is 0 Å². The van der Waals surface area contributed by atoms with E-state index in [1.165, 1.54) is 18.9 Å². The molecule has 1 atom stereocenters. The van der Waals surface area contributed by atoms with Gasteiger partial charge in [0.2, 0.25) is 0 Å². The molecule has 0 aliphatic rings. The van der Waals surface area contributed by atoms with Gasteiger partial charge in [0.25, 0.3) is 0 Å². The first kappa shape index (κ1) is 17.6. The predicted octanol–water partition coefficient (Wildman–Crippen LogP) is 2.79. The maximum atomic E-state index is 11.8. The Labute approximate surface area is 135 Å². The summed E-state index contributed by atoms with van der Waals surface area (Å²) in [5.41, 5.74) is 0.515. The largest absolute Gasteiger partial charge is 0.495 e. The smallest absolute Gasteiger partial charge is 0.326 e. The molecule has 0 saturated carbocycles. The van der Waals surface area contributed by atoms with Crippen LogP contribution in [0, 0.1) is 0 Å². The number of hydrogen-bond acceptors (Lipinski definition) is 4. The molecule has 1 rings (SSSR count). The van der Waals surface area contributed by atoms with Crippen molar-refractivity contribution in [1.82, 2.24) is 5.32 Å². The van der Waals surface area contributed by atoms with Crippen LogP contribution in [0.1, 0.15) is 6.42 Å². The third kappa shape index (κ3) is 5.84. The molecule has 3 N–H and O–H groups in total. The molecule has 0 aromatic heterocycles. The summed E-state index contributed by atoms with van der Waals surface area (Å²) in [7, 11) is 1.52. The number of carboxylic acids is 1. The number of rotatable bonds is 7. The fourth-order valence-electron chi connectivity index (χ4n) is 1.56. The highest BCUT2D eigenvalue weighted by Gasteiger charge is 2.19. The van der Waals surface area contributed by atoms with Crippen LogP contribution in [0.15, 0.2) is 22.7 Å². The lowest BCUT2D eigenvalue weighted by Crippen LogP contribution is -2.43. The van der Waals surface area contributed by atoms with Gasteiger partial charge in [-0.25, -0.2) is 9.59 Å². The van der Waals surface area contributed by atoms with Gasteiger partial charge in [-0.2, -0.15) is 11.8 Å². The lowest BCUT2D eigenvalue weighted by molar-refractivity contribution is -0.139. The van der Waals surface area contributed by atoms with Gasteiger partial charge in [-0.05, 0) is 46.5 Å². The van der Waals surface area contributed by atoms with Crippen molar-refractivity contribution in [3.63, 3.8) is 0 Å². The number of nitrogens with one attached hydrogen (secondary N) is 2. The molecule has 1 unspecified atom stereocenters. The average molecular weight is 377 g/mol. The normalized spacial score (nSPS) is 11.6. The summed E-state index contributed by atoms with van der Waals surface area (Å²) in [5, 5.41) is 14.1. The minimum absolute atomic E-state index is 0.369. The van der Waals surface area contributed by atoms with Crippen LogP contribution in [0.4, 0.5) is 10.5 Å². The number of halogens is 1. The van der Waals surface area contributed by atoms with Crippen LogP contribution in [0.3, 0.4) is 0 Å². The third-order valence-corrected chi connectivity index (χ3v) is 3.92. The average Bonchev–Trinajstić information content (AvgIpc) is 2.45. The van der Waals surface area contributed by atoms with Gasteiger partial charge in [0.1, 0.15) is 11.8 Å². The van der Waals surface area contributed by atoms with Crippen LogP contribution in [0.5, 0.6) is 5.75 Å². The van der Waals surface area contributed by atoms with Crippen LogP contribution in [-0.4, -0.2) is 42.3 Å². The number of carboxylic acid groups (broad SMARTS) is 1. The van der Waals surface area contributed by atoms with Gasteiger partial charge in [-0.15, -0.1) is 0 Å². The molecular formula is C13H17BrN2O4S. The molecule has 116 valence electrons. The molecule has 0 bridgehead atoms. The van der Waals surface area contributed by atoms with Crippen molar-refractivity contribution in [2.75, 3.05) is 24.4 Å². The molecule has 1 aromatic rings. The number of methoxy groups -OCH3 is 1. The minimum atomic E-state index is -1.05. The highest BCUT2D eigenvalue weighted by Crippen LogP contribution is 2.27. The summed E-state index contributed by atoms with van der Waals surface area (Å²) in [5.74, 6) is 0.182. The van der Waals surface area contributed by atoms with E-state index in [4.69, 9.17) is 9.84 Å². The Bertz CT molecular complexity index is 513. The molecule has 0 saturated heterocycles. The van der Waals surface area contributed by atoms with Gasteiger partial charge in [-0.1, -0.05) is 0 Å². The SMILES string of the molecule is COc1cc(NC(=O)NC(CCSC)C(=O)O)ccc1Br. The first-order chi connectivity index (χ1) is 9.97. The van der Waals surface area contributed by atoms with Gasteiger partial charge >= 0.3 is 12.0 Å². The molecule has 8 heteroatoms. The minimum Gasteiger partial charge on any atom is -0.495 e. The molecule has 0 spiro atoms. The number of hydrogen-bond donors (Lipinski definition) is 3. The van der Waals surface area contributed by atoms with Crippen LogP contribution in [0.25, 0.3) is 0 Å². The molecule has 2 amide bonds. The summed E-state index contributed by atoms with van der Waals surface area (Å²) >= 11 is 4.84. The highest BCUT2D eigenvalue weighted by molar-refractivity contribution is 9.10. The fourth-order valence-corrected chi connectivity index (χ4v) is 2.44. The van der Waals surface area contributed by atoms with Crippen molar-refractivity contribution in [2.45, 2.75) is 12.5 Å². The van der Waals surface area contributed by atoms with Crippen LogP contribution in [0.2, 0.25) is 0 Å². The summed E-state index contributed by atoms with van der Waals surface area (Å²) in [6.07, 6.45) is 2.25. The summed E-state index contributed by atoms with van der Waals surface area (Å²) in [6, 6.07) is 3.59. The Morgan fingerprint density at radius 1 is 1.48 bits per heavy atom. The van der Waals surface area contributed by atoms with Gasteiger partial charge in [-0.3, -0.25) is 0 Å². The van der Waals surface area contributed by atoms with Gasteiger partial charge in [0.05, 0.1) is 11.6 Å². The van der Waals surface area contributed by atoms with Crippen LogP contribution >= 0.6 is 27.7 Å². The Balaban J connectivity index is 2.65. The topological polar surface area (TPSA) is 87.7 Å². The fraction of sp³-hybridized carbons (Fsp3) is 0.385. The molecule has 1 aromatic carbocycles. The number of anilines is 1. The van der Waals surface area contributed by atoms with Crippen molar-refractivity contribution >= 4 is 45.4 Å². The second-order valence-electron chi connectivity index (χ2n) is 4.12. The Morgan fingerprint density at radius 3 is 2.76 bits per heavy atom. The zero-order valence-electron chi connectivity index (χ0n) is 11.7. The maximum Gasteiger partial charge on any atom is 0.326 e. The van der Waals surface area contributed by atoms with Crippen molar-refractivity contribution in [1.29, 1.82) is 0 Å². The molecule has 0 heterocycles. The molecule has 0 aliphatic carbocycles. The van der Waals surface area contributed by atoms with Crippen molar-refractivity contribution in [2.24, 2.45) is 0 Å². The zero-order chi connectivity index (χ0) is 15.8. The van der Waals surface area contributed by atoms with E-state index < -0.39 is 18.0 Å². The van der Waals surface area contributed by atoms with Crippen LogP contribution in [-0.2, 0) is 4.79 Å². The summed E-state index contributed by atoms with van der Waals surface area (Å²) < 4.78 is 5.89. The van der Waals surface area contributed by atoms with Gasteiger partial charge in [0, 0.05) is 11.8 Å². The molecular weight excluding hydrogens is 360 g/mol. The molecule has 21 heavy (non-hydrogen) atoms. The number of aliphatic carboxylic acids is 1. The number of ether oxygens (including phenoxy) is 1. The maximum absolute atomic E-state index is 11.8. The molecule has 0 radical (unpaired) electrons. The summed E-state index contributed by atoms with van der Waals surface area (Å²) in [4.78, 5) is 22.9. The number of carbonyl (C=O) groups is 2. The van der Waals surface area contributed by atoms with E-state index in [0.717, 1.165) is 4.47 Å². The second kappa shape index (κ2) is 8.78. The molecule has 6 nitrogen and oxygen atoms in total. The van der Waals surface area contributed by atoms with Gasteiger partial charge in [0.15, 0.2) is 0 Å². The number of thioether (sulfide) groups is 1. The lowest BCUT2D eigenvalue weighted by Gasteiger charge is -2.15. The number of benzene rings is 1. The van der Waals surface area contributed by atoms with E-state index in [1.807, 2.05) is 6.26 Å². The molecule has 0 fully saturated rings. The Morgan fingerprint density at radius 2 is 2.19 bits per heavy atom. The number of carbonyl (C=O) groups excluding carboxylic acids is 1. The Kier molecular flexibility index (Phi) is 7.38. The predicted molar refractivity (Wildman–Crippen MR) is 87.3 cm³/mol. The van der Waals surface area contributed by atoms with Crippen molar-refractivity contribution in [3.05, 3.63) is 22.7 Å². The van der Waals surface area contributed by atoms with Crippen molar-refractivity contribution in [3.8, 4) is 5.75 Å². The van der Waals surface area contributed by atoms with Crippen molar-refractivity contribution < 1.29 is 19.4 Å². The summed E-state index contributed by atoms with van der Waals surface area (Å²) in [6.45, 7) is 0. The second-order valence-corrected chi connectivity index (χ2v) is 5.96. The monoisotopic (exact) mass is 376 g/mol. The number of amides is 2. The van der Waals surface area contributed by atoms with E-state index in [9.17, 15) is 9.59 Å². The third-order valence-electron chi connectivity index (χ3n) is 2.62. The highest BCUT2D eigenvalue weighted by atomic mass is 79.9.